The number of hydrogen-bond acceptors (Lipinski definition) is 6. The Morgan fingerprint density at radius 1 is 1.00 bits per heavy atom. The predicted molar refractivity (Wildman–Crippen MR) is 139 cm³/mol. The summed E-state index contributed by atoms with van der Waals surface area (Å²) in [7, 11) is 0. The molecule has 1 fully saturated rings. The standard InChI is InChI=1S/C27H33N7O/c1-5-19-11-12-23-20(17-19)18-22(26(35)28-23)24(25-29-30-31-34(25)27(2,3)4)33-15-13-32(14-16-33)21-9-7-6-8-10-21/h6-12,17-18,24H,5,13-16H2,1-4H3,(H,28,35)/t24-/m1/s1. The molecule has 0 saturated carbocycles. The maximum absolute atomic E-state index is 13.4. The van der Waals surface area contributed by atoms with E-state index in [9.17, 15) is 4.79 Å². The van der Waals surface area contributed by atoms with Crippen LogP contribution in [-0.4, -0.2) is 56.3 Å². The lowest BCUT2D eigenvalue weighted by Gasteiger charge is -2.40. The Kier molecular flexibility index (Phi) is 6.15. The molecule has 35 heavy (non-hydrogen) atoms. The number of aromatic amines is 1. The van der Waals surface area contributed by atoms with E-state index in [-0.39, 0.29) is 17.1 Å². The topological polar surface area (TPSA) is 82.9 Å². The Morgan fingerprint density at radius 2 is 1.74 bits per heavy atom. The van der Waals surface area contributed by atoms with Crippen LogP contribution in [0.25, 0.3) is 10.9 Å². The molecule has 8 heteroatoms. The van der Waals surface area contributed by atoms with Crippen molar-refractivity contribution >= 4 is 16.6 Å². The zero-order valence-corrected chi connectivity index (χ0v) is 20.9. The lowest BCUT2D eigenvalue weighted by atomic mass is 10.00. The summed E-state index contributed by atoms with van der Waals surface area (Å²) in [4.78, 5) is 21.3. The molecule has 1 aliphatic rings. The van der Waals surface area contributed by atoms with Crippen LogP contribution in [0.15, 0.2) is 59.4 Å². The van der Waals surface area contributed by atoms with E-state index >= 15 is 0 Å². The van der Waals surface area contributed by atoms with Gasteiger partial charge in [0.1, 0.15) is 6.04 Å². The summed E-state index contributed by atoms with van der Waals surface area (Å²) in [6.07, 6.45) is 0.942. The van der Waals surface area contributed by atoms with Gasteiger partial charge < -0.3 is 9.88 Å². The maximum Gasteiger partial charge on any atom is 0.253 e. The summed E-state index contributed by atoms with van der Waals surface area (Å²) in [5, 5.41) is 13.8. The van der Waals surface area contributed by atoms with Crippen molar-refractivity contribution in [3.05, 3.63) is 81.9 Å². The quantitative estimate of drug-likeness (QED) is 0.477. The molecular formula is C27H33N7O. The molecule has 2 aromatic carbocycles. The fraction of sp³-hybridized carbons (Fsp3) is 0.407. The highest BCUT2D eigenvalue weighted by Crippen LogP contribution is 2.31. The summed E-state index contributed by atoms with van der Waals surface area (Å²) in [5.74, 6) is 0.696. The Morgan fingerprint density at radius 3 is 2.43 bits per heavy atom. The van der Waals surface area contributed by atoms with Gasteiger partial charge in [0, 0.05) is 42.9 Å². The number of pyridine rings is 1. The van der Waals surface area contributed by atoms with E-state index in [2.05, 4.69) is 94.4 Å². The first-order valence-electron chi connectivity index (χ1n) is 12.3. The van der Waals surface area contributed by atoms with Crippen molar-refractivity contribution in [1.29, 1.82) is 0 Å². The van der Waals surface area contributed by atoms with Gasteiger partial charge in [0.05, 0.1) is 5.54 Å². The Labute approximate surface area is 205 Å². The molecule has 182 valence electrons. The van der Waals surface area contributed by atoms with E-state index in [0.29, 0.717) is 11.4 Å². The molecule has 0 aliphatic carbocycles. The van der Waals surface area contributed by atoms with E-state index in [0.717, 1.165) is 43.5 Å². The van der Waals surface area contributed by atoms with Gasteiger partial charge in [-0.05, 0) is 78.9 Å². The molecule has 0 amide bonds. The highest BCUT2D eigenvalue weighted by molar-refractivity contribution is 5.80. The first-order chi connectivity index (χ1) is 16.8. The molecule has 8 nitrogen and oxygen atoms in total. The predicted octanol–water partition coefficient (Wildman–Crippen LogP) is 3.74. The van der Waals surface area contributed by atoms with Crippen LogP contribution in [0.3, 0.4) is 0 Å². The number of hydrogen-bond donors (Lipinski definition) is 1. The minimum atomic E-state index is -0.347. The molecule has 1 N–H and O–H groups in total. The number of aromatic nitrogens is 5. The van der Waals surface area contributed by atoms with Crippen molar-refractivity contribution in [2.24, 2.45) is 0 Å². The highest BCUT2D eigenvalue weighted by Gasteiger charge is 2.35. The molecule has 1 atom stereocenters. The lowest BCUT2D eigenvalue weighted by Crippen LogP contribution is -2.49. The minimum absolute atomic E-state index is 0.0966. The van der Waals surface area contributed by atoms with E-state index in [1.807, 2.05) is 22.9 Å². The second kappa shape index (κ2) is 9.26. The Hall–Kier alpha value is -3.52. The highest BCUT2D eigenvalue weighted by atomic mass is 16.1. The number of tetrazole rings is 1. The Balaban J connectivity index is 1.57. The van der Waals surface area contributed by atoms with Gasteiger partial charge in [0.2, 0.25) is 0 Å². The summed E-state index contributed by atoms with van der Waals surface area (Å²) in [5.41, 5.74) is 3.57. The SMILES string of the molecule is CCc1ccc2[nH]c(=O)c([C@H](c3nnnn3C(C)(C)C)N3CCN(c4ccccc4)CC3)cc2c1. The zero-order valence-electron chi connectivity index (χ0n) is 20.9. The number of para-hydroxylation sites is 1. The molecule has 1 aliphatic heterocycles. The van der Waals surface area contributed by atoms with Crippen LogP contribution in [-0.2, 0) is 12.0 Å². The fourth-order valence-electron chi connectivity index (χ4n) is 4.91. The van der Waals surface area contributed by atoms with Crippen molar-refractivity contribution < 1.29 is 0 Å². The van der Waals surface area contributed by atoms with E-state index in [1.54, 1.807) is 0 Å². The van der Waals surface area contributed by atoms with Crippen molar-refractivity contribution in [1.82, 2.24) is 30.1 Å². The van der Waals surface area contributed by atoms with Crippen LogP contribution in [0.5, 0.6) is 0 Å². The molecule has 0 radical (unpaired) electrons. The van der Waals surface area contributed by atoms with Crippen LogP contribution >= 0.6 is 0 Å². The van der Waals surface area contributed by atoms with E-state index < -0.39 is 0 Å². The molecule has 3 heterocycles. The summed E-state index contributed by atoms with van der Waals surface area (Å²) in [6.45, 7) is 11.7. The number of H-pyrrole nitrogens is 1. The normalized spacial score (nSPS) is 16.1. The average Bonchev–Trinajstić information content (AvgIpc) is 3.35. The third-order valence-electron chi connectivity index (χ3n) is 6.81. The minimum Gasteiger partial charge on any atom is -0.369 e. The first-order valence-corrected chi connectivity index (χ1v) is 12.3. The number of nitrogens with one attached hydrogen (secondary N) is 1. The molecule has 0 unspecified atom stereocenters. The number of nitrogens with zero attached hydrogens (tertiary/aromatic N) is 6. The van der Waals surface area contributed by atoms with Crippen LogP contribution in [0, 0.1) is 0 Å². The number of rotatable bonds is 5. The molecular weight excluding hydrogens is 438 g/mol. The molecule has 4 aromatic rings. The van der Waals surface area contributed by atoms with Crippen LogP contribution in [0.4, 0.5) is 5.69 Å². The van der Waals surface area contributed by atoms with Gasteiger partial charge in [-0.3, -0.25) is 9.69 Å². The number of anilines is 1. The van der Waals surface area contributed by atoms with Gasteiger partial charge in [-0.2, -0.15) is 0 Å². The third-order valence-corrected chi connectivity index (χ3v) is 6.81. The van der Waals surface area contributed by atoms with Crippen LogP contribution < -0.4 is 10.5 Å². The molecule has 2 aromatic heterocycles. The molecule has 1 saturated heterocycles. The van der Waals surface area contributed by atoms with Gasteiger partial charge in [-0.25, -0.2) is 4.68 Å². The summed E-state index contributed by atoms with van der Waals surface area (Å²) < 4.78 is 1.85. The summed E-state index contributed by atoms with van der Waals surface area (Å²) in [6, 6.07) is 18.4. The van der Waals surface area contributed by atoms with Gasteiger partial charge in [0.25, 0.3) is 5.56 Å². The van der Waals surface area contributed by atoms with E-state index in [1.165, 1.54) is 11.3 Å². The molecule has 0 spiro atoms. The number of piperazine rings is 1. The van der Waals surface area contributed by atoms with Crippen molar-refractivity contribution in [2.45, 2.75) is 45.7 Å². The van der Waals surface area contributed by atoms with Crippen LogP contribution in [0.2, 0.25) is 0 Å². The Bertz CT molecular complexity index is 1360. The van der Waals surface area contributed by atoms with Crippen molar-refractivity contribution in [3.63, 3.8) is 0 Å². The second-order valence-electron chi connectivity index (χ2n) is 10.2. The largest absolute Gasteiger partial charge is 0.369 e. The lowest BCUT2D eigenvalue weighted by molar-refractivity contribution is 0.190. The zero-order chi connectivity index (χ0) is 24.6. The van der Waals surface area contributed by atoms with Crippen LogP contribution in [0.1, 0.15) is 50.7 Å². The smallest absolute Gasteiger partial charge is 0.253 e. The van der Waals surface area contributed by atoms with Gasteiger partial charge in [0.15, 0.2) is 5.82 Å². The monoisotopic (exact) mass is 471 g/mol. The molecule has 5 rings (SSSR count). The number of fused-ring (bicyclic) bond motifs is 1. The van der Waals surface area contributed by atoms with Gasteiger partial charge >= 0.3 is 0 Å². The number of aryl methyl sites for hydroxylation is 1. The number of benzene rings is 2. The first kappa shape index (κ1) is 23.2. The third kappa shape index (κ3) is 4.58. The maximum atomic E-state index is 13.4. The van der Waals surface area contributed by atoms with Crippen molar-refractivity contribution in [3.8, 4) is 0 Å². The van der Waals surface area contributed by atoms with Gasteiger partial charge in [-0.1, -0.05) is 31.2 Å². The average molecular weight is 472 g/mol. The van der Waals surface area contributed by atoms with Crippen molar-refractivity contribution in [2.75, 3.05) is 31.1 Å². The van der Waals surface area contributed by atoms with E-state index in [4.69, 9.17) is 0 Å². The van der Waals surface area contributed by atoms with Gasteiger partial charge in [-0.15, -0.1) is 5.10 Å². The molecule has 0 bridgehead atoms. The second-order valence-corrected chi connectivity index (χ2v) is 10.2. The summed E-state index contributed by atoms with van der Waals surface area (Å²) >= 11 is 0. The fourth-order valence-corrected chi connectivity index (χ4v) is 4.91.